The van der Waals surface area contributed by atoms with Gasteiger partial charge in [0.05, 0.1) is 0 Å². The molecule has 2 aromatic rings. The van der Waals surface area contributed by atoms with Crippen LogP contribution in [0.1, 0.15) is 18.1 Å². The Labute approximate surface area is 125 Å². The second-order valence-electron chi connectivity index (χ2n) is 4.56. The molecule has 0 amide bonds. The van der Waals surface area contributed by atoms with E-state index in [2.05, 4.69) is 54.9 Å². The highest BCUT2D eigenvalue weighted by Gasteiger charge is 1.99. The third-order valence-corrected chi connectivity index (χ3v) is 3.78. The van der Waals surface area contributed by atoms with Crippen molar-refractivity contribution in [2.24, 2.45) is 0 Å². The molecule has 0 saturated heterocycles. The molecule has 0 heterocycles. The van der Waals surface area contributed by atoms with Crippen molar-refractivity contribution >= 4 is 11.8 Å². The van der Waals surface area contributed by atoms with Gasteiger partial charge in [-0.25, -0.2) is 0 Å². The van der Waals surface area contributed by atoms with Crippen LogP contribution in [0, 0.1) is 0 Å². The predicted octanol–water partition coefficient (Wildman–Crippen LogP) is 4.10. The fourth-order valence-electron chi connectivity index (χ4n) is 1.94. The number of benzene rings is 2. The Morgan fingerprint density at radius 1 is 1.05 bits per heavy atom. The number of thioether (sulfide) groups is 1. The van der Waals surface area contributed by atoms with Gasteiger partial charge in [0.15, 0.2) is 0 Å². The minimum absolute atomic E-state index is 0.610. The third-order valence-electron chi connectivity index (χ3n) is 3.04. The van der Waals surface area contributed by atoms with E-state index in [1.54, 1.807) is 11.8 Å². The Bertz CT molecular complexity index is 525. The number of hydrogen-bond acceptors (Lipinski definition) is 3. The summed E-state index contributed by atoms with van der Waals surface area (Å²) in [4.78, 5) is 1.25. The monoisotopic (exact) mass is 287 g/mol. The van der Waals surface area contributed by atoms with E-state index in [9.17, 15) is 0 Å². The van der Waals surface area contributed by atoms with E-state index in [-0.39, 0.29) is 0 Å². The lowest BCUT2D eigenvalue weighted by atomic mass is 10.1. The van der Waals surface area contributed by atoms with Crippen LogP contribution in [0.5, 0.6) is 5.75 Å². The van der Waals surface area contributed by atoms with Crippen LogP contribution < -0.4 is 10.1 Å². The molecule has 3 heteroatoms. The Hall–Kier alpha value is -1.45. The van der Waals surface area contributed by atoms with Gasteiger partial charge in [0.25, 0.3) is 0 Å². The van der Waals surface area contributed by atoms with Crippen molar-refractivity contribution in [2.75, 3.05) is 12.8 Å². The van der Waals surface area contributed by atoms with Crippen LogP contribution in [0.4, 0.5) is 0 Å². The van der Waals surface area contributed by atoms with Crippen molar-refractivity contribution in [2.45, 2.75) is 25.0 Å². The summed E-state index contributed by atoms with van der Waals surface area (Å²) in [6.07, 6.45) is 2.08. The maximum absolute atomic E-state index is 5.82. The van der Waals surface area contributed by atoms with Crippen molar-refractivity contribution in [3.63, 3.8) is 0 Å². The van der Waals surface area contributed by atoms with E-state index >= 15 is 0 Å². The molecular formula is C17H21NOS. The van der Waals surface area contributed by atoms with Crippen molar-refractivity contribution in [1.82, 2.24) is 5.32 Å². The summed E-state index contributed by atoms with van der Waals surface area (Å²) in [5, 5.41) is 3.34. The molecular weight excluding hydrogens is 266 g/mol. The Morgan fingerprint density at radius 3 is 2.50 bits per heavy atom. The molecule has 2 aromatic carbocycles. The molecule has 0 saturated carbocycles. The summed E-state index contributed by atoms with van der Waals surface area (Å²) >= 11 is 1.74. The summed E-state index contributed by atoms with van der Waals surface area (Å²) in [5.41, 5.74) is 2.50. The normalized spacial score (nSPS) is 10.5. The van der Waals surface area contributed by atoms with Gasteiger partial charge < -0.3 is 10.1 Å². The highest BCUT2D eigenvalue weighted by atomic mass is 32.2. The van der Waals surface area contributed by atoms with E-state index < -0.39 is 0 Å². The predicted molar refractivity (Wildman–Crippen MR) is 86.4 cm³/mol. The van der Waals surface area contributed by atoms with E-state index in [1.165, 1.54) is 16.0 Å². The van der Waals surface area contributed by atoms with Crippen LogP contribution in [-0.4, -0.2) is 12.8 Å². The number of nitrogens with one attached hydrogen (secondary N) is 1. The molecule has 20 heavy (non-hydrogen) atoms. The van der Waals surface area contributed by atoms with Crippen LogP contribution in [0.25, 0.3) is 0 Å². The number of hydrogen-bond donors (Lipinski definition) is 1. The van der Waals surface area contributed by atoms with Crippen LogP contribution in [0.15, 0.2) is 53.4 Å². The molecule has 0 unspecified atom stereocenters. The quantitative estimate of drug-likeness (QED) is 0.775. The smallest absolute Gasteiger partial charge is 0.119 e. The number of rotatable bonds is 7. The number of ether oxygens (including phenoxy) is 1. The molecule has 0 aliphatic carbocycles. The molecule has 1 N–H and O–H groups in total. The van der Waals surface area contributed by atoms with Gasteiger partial charge in [0.1, 0.15) is 12.4 Å². The van der Waals surface area contributed by atoms with Gasteiger partial charge in [0.2, 0.25) is 0 Å². The molecule has 0 aliphatic heterocycles. The molecule has 106 valence electrons. The largest absolute Gasteiger partial charge is 0.489 e. The lowest BCUT2D eigenvalue weighted by Gasteiger charge is -2.09. The van der Waals surface area contributed by atoms with Crippen LogP contribution >= 0.6 is 11.8 Å². The zero-order valence-electron chi connectivity index (χ0n) is 12.1. The Kier molecular flexibility index (Phi) is 5.96. The van der Waals surface area contributed by atoms with Crippen LogP contribution in [-0.2, 0) is 13.2 Å². The first kappa shape index (κ1) is 14.9. The fraction of sp³-hybridized carbons (Fsp3) is 0.294. The van der Waals surface area contributed by atoms with Gasteiger partial charge in [0, 0.05) is 11.4 Å². The van der Waals surface area contributed by atoms with Crippen molar-refractivity contribution < 1.29 is 4.74 Å². The van der Waals surface area contributed by atoms with Crippen molar-refractivity contribution in [3.8, 4) is 5.75 Å². The molecule has 0 aromatic heterocycles. The maximum atomic E-state index is 5.82. The zero-order chi connectivity index (χ0) is 14.2. The van der Waals surface area contributed by atoms with E-state index in [4.69, 9.17) is 4.74 Å². The summed E-state index contributed by atoms with van der Waals surface area (Å²) in [6, 6.07) is 16.7. The highest BCUT2D eigenvalue weighted by Crippen LogP contribution is 2.20. The van der Waals surface area contributed by atoms with Gasteiger partial charge in [-0.3, -0.25) is 0 Å². The first-order chi connectivity index (χ1) is 9.81. The minimum atomic E-state index is 0.610. The molecule has 0 aliphatic rings. The zero-order valence-corrected chi connectivity index (χ0v) is 12.9. The average Bonchev–Trinajstić information content (AvgIpc) is 2.52. The Balaban J connectivity index is 1.92. The molecule has 0 atom stereocenters. The van der Waals surface area contributed by atoms with E-state index in [1.807, 2.05) is 12.1 Å². The average molecular weight is 287 g/mol. The van der Waals surface area contributed by atoms with Crippen molar-refractivity contribution in [3.05, 3.63) is 59.7 Å². The van der Waals surface area contributed by atoms with Gasteiger partial charge >= 0.3 is 0 Å². The van der Waals surface area contributed by atoms with Gasteiger partial charge in [-0.2, -0.15) is 0 Å². The van der Waals surface area contributed by atoms with Crippen LogP contribution in [0.3, 0.4) is 0 Å². The molecule has 2 nitrogen and oxygen atoms in total. The minimum Gasteiger partial charge on any atom is -0.489 e. The molecule has 0 fully saturated rings. The second kappa shape index (κ2) is 7.98. The SMILES string of the molecule is CCNCc1cccc(COc2ccc(SC)cc2)c1. The molecule has 0 radical (unpaired) electrons. The third kappa shape index (κ3) is 4.58. The Morgan fingerprint density at radius 2 is 1.80 bits per heavy atom. The maximum Gasteiger partial charge on any atom is 0.119 e. The fourth-order valence-corrected chi connectivity index (χ4v) is 2.35. The van der Waals surface area contributed by atoms with Gasteiger partial charge in [-0.1, -0.05) is 31.2 Å². The van der Waals surface area contributed by atoms with Crippen LogP contribution in [0.2, 0.25) is 0 Å². The van der Waals surface area contributed by atoms with E-state index in [0.717, 1.165) is 18.8 Å². The molecule has 0 bridgehead atoms. The van der Waals surface area contributed by atoms with Gasteiger partial charge in [-0.05, 0) is 48.2 Å². The molecule has 2 rings (SSSR count). The summed E-state index contributed by atoms with van der Waals surface area (Å²) in [7, 11) is 0. The standard InChI is InChI=1S/C17H21NOS/c1-3-18-12-14-5-4-6-15(11-14)13-19-16-7-9-17(20-2)10-8-16/h4-11,18H,3,12-13H2,1-2H3. The highest BCUT2D eigenvalue weighted by molar-refractivity contribution is 7.98. The van der Waals surface area contributed by atoms with Crippen molar-refractivity contribution in [1.29, 1.82) is 0 Å². The summed E-state index contributed by atoms with van der Waals surface area (Å²) in [5.74, 6) is 0.917. The first-order valence-electron chi connectivity index (χ1n) is 6.87. The topological polar surface area (TPSA) is 21.3 Å². The first-order valence-corrected chi connectivity index (χ1v) is 8.09. The van der Waals surface area contributed by atoms with E-state index in [0.29, 0.717) is 6.61 Å². The molecule has 0 spiro atoms. The summed E-state index contributed by atoms with van der Waals surface area (Å²) < 4.78 is 5.82. The van der Waals surface area contributed by atoms with Gasteiger partial charge in [-0.15, -0.1) is 11.8 Å². The lowest BCUT2D eigenvalue weighted by Crippen LogP contribution is -2.11. The second-order valence-corrected chi connectivity index (χ2v) is 5.44. The lowest BCUT2D eigenvalue weighted by molar-refractivity contribution is 0.306. The summed E-state index contributed by atoms with van der Waals surface area (Å²) in [6.45, 7) is 4.62.